The number of nitrogens with zero attached hydrogens (tertiary/aromatic N) is 7. The zero-order chi connectivity index (χ0) is 44.9. The van der Waals surface area contributed by atoms with E-state index in [0.717, 1.165) is 113 Å². The maximum atomic E-state index is 14.2. The molecular formula is C52H59N7O5S. The van der Waals surface area contributed by atoms with Crippen molar-refractivity contribution >= 4 is 44.9 Å². The molecule has 2 aliphatic heterocycles. The van der Waals surface area contributed by atoms with E-state index in [4.69, 9.17) is 19.3 Å². The predicted molar refractivity (Wildman–Crippen MR) is 259 cm³/mol. The Morgan fingerprint density at radius 3 is 2.34 bits per heavy atom. The van der Waals surface area contributed by atoms with Crippen molar-refractivity contribution in [3.63, 3.8) is 0 Å². The average Bonchev–Trinajstić information content (AvgIpc) is 3.82. The van der Waals surface area contributed by atoms with Crippen LogP contribution in [0.3, 0.4) is 0 Å². The molecule has 12 nitrogen and oxygen atoms in total. The lowest BCUT2D eigenvalue weighted by atomic mass is 9.97. The zero-order valence-corrected chi connectivity index (χ0v) is 38.8. The van der Waals surface area contributed by atoms with Gasteiger partial charge in [-0.25, -0.2) is 4.79 Å². The lowest BCUT2D eigenvalue weighted by Crippen LogP contribution is -2.51. The molecule has 9 rings (SSSR count). The van der Waals surface area contributed by atoms with Gasteiger partial charge >= 0.3 is 5.97 Å². The maximum absolute atomic E-state index is 14.2. The number of ether oxygens (including phenoxy) is 3. The number of hydrogen-bond donors (Lipinski definition) is 0. The Morgan fingerprint density at radius 1 is 0.815 bits per heavy atom. The quantitative estimate of drug-likeness (QED) is 0.0565. The molecule has 2 aliphatic rings. The van der Waals surface area contributed by atoms with Crippen molar-refractivity contribution in [2.45, 2.75) is 52.4 Å². The minimum atomic E-state index is -1.12. The highest BCUT2D eigenvalue weighted by Gasteiger charge is 2.31. The molecule has 13 heteroatoms. The Kier molecular flexibility index (Phi) is 13.7. The predicted octanol–water partition coefficient (Wildman–Crippen LogP) is 8.63. The number of fused-ring (bicyclic) bond motifs is 3. The summed E-state index contributed by atoms with van der Waals surface area (Å²) in [6.07, 6.45) is 2.20. The number of hydrogen-bond acceptors (Lipinski definition) is 10. The van der Waals surface area contributed by atoms with Crippen LogP contribution in [0.5, 0.6) is 11.5 Å². The van der Waals surface area contributed by atoms with Crippen molar-refractivity contribution in [1.82, 2.24) is 27.9 Å². The molecule has 1 unspecified atom stereocenters. The third-order valence-corrected chi connectivity index (χ3v) is 14.0. The summed E-state index contributed by atoms with van der Waals surface area (Å²) in [4.78, 5) is 19.0. The van der Waals surface area contributed by atoms with E-state index in [2.05, 4.69) is 93.2 Å². The standard InChI is InChI=1S/C52H59N7O5S/c1-5-62-52(60)51-44(22-13-34-63-48-23-11-18-39-17-9-10-19-42(39)48)43-20-12-21-45-49-46(37-64-41-26-24-40(25-27-41)57-30-32-58(33-31-57)65(61)54(2)3)53-55(4)47(49)36-56(28-14-29-59(51)50(43)45)35-38-15-7-6-8-16-38/h6-12,15-21,23-27H,5,13-14,22,28-37H2,1-4H3. The first-order chi connectivity index (χ1) is 31.8. The monoisotopic (exact) mass is 893 g/mol. The molecule has 0 aliphatic carbocycles. The summed E-state index contributed by atoms with van der Waals surface area (Å²) in [5.74, 6) is 1.31. The van der Waals surface area contributed by atoms with Gasteiger partial charge in [0.1, 0.15) is 41.0 Å². The van der Waals surface area contributed by atoms with Crippen LogP contribution in [0.2, 0.25) is 0 Å². The van der Waals surface area contributed by atoms with Crippen LogP contribution in [0.4, 0.5) is 5.69 Å². The minimum absolute atomic E-state index is 0.260. The minimum Gasteiger partial charge on any atom is -0.578 e. The fourth-order valence-electron chi connectivity index (χ4n) is 9.52. The molecule has 65 heavy (non-hydrogen) atoms. The Bertz CT molecular complexity index is 2720. The molecule has 338 valence electrons. The van der Waals surface area contributed by atoms with Gasteiger partial charge in [0.15, 0.2) is 0 Å². The number of anilines is 1. The number of aryl methyl sites for hydroxylation is 3. The molecular weight excluding hydrogens is 835 g/mol. The Hall–Kier alpha value is -5.83. The number of carbonyl (C=O) groups excluding carboxylic acids is 1. The molecule has 1 saturated heterocycles. The SMILES string of the molecule is CCOC(=O)c1c(CCCOc2cccc3ccccc23)c2cccc3c2n1CCCN(Cc1ccccc1)Cc1c-3c(COc2ccc(N3CCN([S+]([O-])N(C)C)CC3)cc2)nn1C. The van der Waals surface area contributed by atoms with Crippen LogP contribution in [-0.2, 0) is 56.0 Å². The van der Waals surface area contributed by atoms with Crippen LogP contribution in [0.15, 0.2) is 115 Å². The molecule has 0 amide bonds. The summed E-state index contributed by atoms with van der Waals surface area (Å²) in [6, 6.07) is 39.7. The molecule has 7 aromatic rings. The summed E-state index contributed by atoms with van der Waals surface area (Å²) in [5, 5.41) is 8.46. The number of esters is 1. The third kappa shape index (κ3) is 9.61. The number of carbonyl (C=O) groups is 1. The summed E-state index contributed by atoms with van der Waals surface area (Å²) < 4.78 is 39.5. The number of aromatic nitrogens is 3. The highest BCUT2D eigenvalue weighted by atomic mass is 32.2. The lowest BCUT2D eigenvalue weighted by molar-refractivity contribution is 0.0512. The summed E-state index contributed by atoms with van der Waals surface area (Å²) in [6.45, 7) is 8.91. The van der Waals surface area contributed by atoms with Gasteiger partial charge in [-0.15, -0.1) is 8.61 Å². The number of piperazine rings is 1. The van der Waals surface area contributed by atoms with Gasteiger partial charge in [0.25, 0.3) is 0 Å². The molecule has 0 bridgehead atoms. The van der Waals surface area contributed by atoms with Crippen LogP contribution < -0.4 is 14.4 Å². The molecule has 1 fully saturated rings. The summed E-state index contributed by atoms with van der Waals surface area (Å²) >= 11 is -1.12. The van der Waals surface area contributed by atoms with Crippen molar-refractivity contribution in [3.8, 4) is 22.6 Å². The molecule has 0 saturated carbocycles. The molecule has 0 radical (unpaired) electrons. The smallest absolute Gasteiger partial charge is 0.355 e. The Balaban J connectivity index is 1.05. The normalized spacial score (nSPS) is 15.3. The summed E-state index contributed by atoms with van der Waals surface area (Å²) in [5.41, 5.74) is 8.96. The fraction of sp³-hybridized carbons (Fsp3) is 0.346. The summed E-state index contributed by atoms with van der Waals surface area (Å²) in [7, 11) is 5.72. The van der Waals surface area contributed by atoms with E-state index >= 15 is 0 Å². The average molecular weight is 894 g/mol. The van der Waals surface area contributed by atoms with Gasteiger partial charge in [-0.3, -0.25) is 9.58 Å². The van der Waals surface area contributed by atoms with Crippen LogP contribution in [0.1, 0.15) is 52.8 Å². The van der Waals surface area contributed by atoms with Crippen LogP contribution in [-0.4, -0.2) is 98.4 Å². The van der Waals surface area contributed by atoms with Gasteiger partial charge < -0.3 is 28.2 Å². The zero-order valence-electron chi connectivity index (χ0n) is 37.9. The first-order valence-electron chi connectivity index (χ1n) is 22.8. The van der Waals surface area contributed by atoms with E-state index in [1.54, 1.807) is 4.31 Å². The van der Waals surface area contributed by atoms with Gasteiger partial charge in [-0.1, -0.05) is 84.9 Å². The van der Waals surface area contributed by atoms with Crippen molar-refractivity contribution < 1.29 is 23.6 Å². The van der Waals surface area contributed by atoms with Crippen LogP contribution in [0, 0.1) is 0 Å². The second kappa shape index (κ2) is 20.1. The lowest BCUT2D eigenvalue weighted by Gasteiger charge is -2.36. The van der Waals surface area contributed by atoms with Crippen molar-refractivity contribution in [3.05, 3.63) is 143 Å². The number of rotatable bonds is 15. The van der Waals surface area contributed by atoms with Crippen LogP contribution in [0.25, 0.3) is 32.8 Å². The van der Waals surface area contributed by atoms with E-state index in [-0.39, 0.29) is 19.2 Å². The maximum Gasteiger partial charge on any atom is 0.355 e. The molecule has 1 atom stereocenters. The third-order valence-electron chi connectivity index (χ3n) is 12.6. The van der Waals surface area contributed by atoms with Gasteiger partial charge in [0.2, 0.25) is 0 Å². The van der Waals surface area contributed by atoms with Gasteiger partial charge in [0.05, 0.1) is 37.5 Å². The van der Waals surface area contributed by atoms with Crippen molar-refractivity contribution in [2.24, 2.45) is 7.05 Å². The first-order valence-corrected chi connectivity index (χ1v) is 23.9. The van der Waals surface area contributed by atoms with E-state index in [1.807, 2.05) is 73.5 Å². The van der Waals surface area contributed by atoms with E-state index < -0.39 is 11.5 Å². The topological polar surface area (TPSA) is 104 Å². The molecule has 5 aromatic carbocycles. The highest BCUT2D eigenvalue weighted by Crippen LogP contribution is 2.40. The number of benzene rings is 5. The Morgan fingerprint density at radius 2 is 1.55 bits per heavy atom. The van der Waals surface area contributed by atoms with Crippen molar-refractivity contribution in [1.29, 1.82) is 0 Å². The number of para-hydroxylation sites is 1. The van der Waals surface area contributed by atoms with E-state index in [9.17, 15) is 9.35 Å². The molecule has 2 aromatic heterocycles. The second-order valence-electron chi connectivity index (χ2n) is 17.0. The van der Waals surface area contributed by atoms with Gasteiger partial charge in [-0.05, 0) is 73.0 Å². The van der Waals surface area contributed by atoms with Crippen molar-refractivity contribution in [2.75, 3.05) is 64.9 Å². The molecule has 0 N–H and O–H groups in total. The van der Waals surface area contributed by atoms with E-state index in [0.29, 0.717) is 38.2 Å². The molecule has 4 heterocycles. The van der Waals surface area contributed by atoms with Crippen LogP contribution >= 0.6 is 0 Å². The first kappa shape index (κ1) is 44.4. The fourth-order valence-corrected chi connectivity index (χ4v) is 10.5. The largest absolute Gasteiger partial charge is 0.578 e. The highest BCUT2D eigenvalue weighted by molar-refractivity contribution is 7.86. The van der Waals surface area contributed by atoms with Gasteiger partial charge in [-0.2, -0.15) is 5.10 Å². The van der Waals surface area contributed by atoms with Gasteiger partial charge in [0, 0.05) is 88.0 Å². The molecule has 0 spiro atoms. The Labute approximate surface area is 385 Å². The second-order valence-corrected chi connectivity index (χ2v) is 18.7. The van der Waals surface area contributed by atoms with E-state index in [1.165, 1.54) is 5.56 Å².